The minimum atomic E-state index is 0.0154. The molecular weight excluding hydrogens is 228 g/mol. The van der Waals surface area contributed by atoms with Crippen LogP contribution in [0.2, 0.25) is 0 Å². The average molecular weight is 250 g/mol. The fraction of sp³-hybridized carbons (Fsp3) is 0.500. The molecule has 0 fully saturated rings. The molecule has 4 heteroatoms. The molecule has 0 spiro atoms. The van der Waals surface area contributed by atoms with Crippen molar-refractivity contribution in [2.45, 2.75) is 20.4 Å². The van der Waals surface area contributed by atoms with Crippen molar-refractivity contribution in [3.05, 3.63) is 29.8 Å². The fourth-order valence-electron chi connectivity index (χ4n) is 1.61. The minimum absolute atomic E-state index is 0.0154. The lowest BCUT2D eigenvalue weighted by Gasteiger charge is -2.17. The summed E-state index contributed by atoms with van der Waals surface area (Å²) in [6, 6.07) is 7.18. The van der Waals surface area contributed by atoms with Gasteiger partial charge in [-0.1, -0.05) is 32.0 Å². The first-order chi connectivity index (χ1) is 8.49. The molecule has 0 aliphatic carbocycles. The number of hydrogen-bond donors (Lipinski definition) is 2. The third kappa shape index (κ3) is 5.19. The molecule has 0 aliphatic rings. The number of phenols is 1. The Balaban J connectivity index is 2.40. The quantitative estimate of drug-likeness (QED) is 0.806. The Morgan fingerprint density at radius 1 is 1.39 bits per heavy atom. The predicted molar refractivity (Wildman–Crippen MR) is 72.3 cm³/mol. The molecule has 0 unspecified atom stereocenters. The van der Waals surface area contributed by atoms with Crippen molar-refractivity contribution in [1.29, 1.82) is 0 Å². The summed E-state index contributed by atoms with van der Waals surface area (Å²) in [5.74, 6) is 0.742. The average Bonchev–Trinajstić information content (AvgIpc) is 2.29. The van der Waals surface area contributed by atoms with Gasteiger partial charge in [-0.2, -0.15) is 0 Å². The number of carbonyl (C=O) groups is 1. The lowest BCUT2D eigenvalue weighted by molar-refractivity contribution is -0.122. The van der Waals surface area contributed by atoms with Crippen molar-refractivity contribution >= 4 is 5.91 Å². The molecule has 1 rings (SSSR count). The molecule has 0 aromatic heterocycles. The van der Waals surface area contributed by atoms with Crippen LogP contribution < -0.4 is 5.32 Å². The number of phenolic OH excluding ortho intramolecular Hbond substituents is 1. The summed E-state index contributed by atoms with van der Waals surface area (Å²) >= 11 is 0. The van der Waals surface area contributed by atoms with Gasteiger partial charge in [-0.3, -0.25) is 9.69 Å². The van der Waals surface area contributed by atoms with Crippen molar-refractivity contribution in [2.24, 2.45) is 5.92 Å². The molecule has 18 heavy (non-hydrogen) atoms. The van der Waals surface area contributed by atoms with E-state index in [4.69, 9.17) is 0 Å². The Morgan fingerprint density at radius 2 is 2.06 bits per heavy atom. The van der Waals surface area contributed by atoms with Crippen molar-refractivity contribution in [3.63, 3.8) is 0 Å². The molecule has 1 amide bonds. The highest BCUT2D eigenvalue weighted by atomic mass is 16.3. The molecule has 0 saturated carbocycles. The van der Waals surface area contributed by atoms with E-state index in [0.717, 1.165) is 5.56 Å². The van der Waals surface area contributed by atoms with Crippen LogP contribution in [-0.4, -0.2) is 36.1 Å². The normalized spacial score (nSPS) is 10.9. The van der Waals surface area contributed by atoms with E-state index in [0.29, 0.717) is 25.6 Å². The smallest absolute Gasteiger partial charge is 0.234 e. The molecule has 100 valence electrons. The van der Waals surface area contributed by atoms with E-state index < -0.39 is 0 Å². The summed E-state index contributed by atoms with van der Waals surface area (Å²) in [5.41, 5.74) is 0.830. The van der Waals surface area contributed by atoms with Gasteiger partial charge < -0.3 is 10.4 Å². The van der Waals surface area contributed by atoms with Crippen LogP contribution in [0, 0.1) is 5.92 Å². The van der Waals surface area contributed by atoms with Crippen molar-refractivity contribution in [1.82, 2.24) is 10.2 Å². The van der Waals surface area contributed by atoms with Gasteiger partial charge in [0.2, 0.25) is 5.91 Å². The maximum absolute atomic E-state index is 11.6. The number of nitrogens with one attached hydrogen (secondary N) is 1. The van der Waals surface area contributed by atoms with Crippen LogP contribution in [0.15, 0.2) is 24.3 Å². The maximum Gasteiger partial charge on any atom is 0.234 e. The van der Waals surface area contributed by atoms with Gasteiger partial charge in [0.1, 0.15) is 5.75 Å². The van der Waals surface area contributed by atoms with Crippen molar-refractivity contribution in [3.8, 4) is 5.75 Å². The molecule has 0 heterocycles. The number of amides is 1. The standard InChI is InChI=1S/C14H22N2O2/c1-11(2)8-15-14(18)10-16(3)9-12-6-4-5-7-13(12)17/h4-7,11,17H,8-10H2,1-3H3,(H,15,18). The minimum Gasteiger partial charge on any atom is -0.508 e. The molecule has 4 nitrogen and oxygen atoms in total. The molecule has 0 radical (unpaired) electrons. The number of likely N-dealkylation sites (N-methyl/N-ethyl adjacent to an activating group) is 1. The topological polar surface area (TPSA) is 52.6 Å². The van der Waals surface area contributed by atoms with E-state index in [9.17, 15) is 9.90 Å². The molecule has 0 aliphatic heterocycles. The second-order valence-electron chi connectivity index (χ2n) is 5.00. The molecule has 2 N–H and O–H groups in total. The molecule has 0 saturated heterocycles. The summed E-state index contributed by atoms with van der Waals surface area (Å²) in [6.45, 7) is 5.71. The van der Waals surface area contributed by atoms with Gasteiger partial charge in [-0.25, -0.2) is 0 Å². The largest absolute Gasteiger partial charge is 0.508 e. The van der Waals surface area contributed by atoms with Gasteiger partial charge in [-0.05, 0) is 19.0 Å². The van der Waals surface area contributed by atoms with E-state index in [1.165, 1.54) is 0 Å². The van der Waals surface area contributed by atoms with Crippen LogP contribution in [0.25, 0.3) is 0 Å². The number of para-hydroxylation sites is 1. The lowest BCUT2D eigenvalue weighted by Crippen LogP contribution is -2.36. The van der Waals surface area contributed by atoms with Gasteiger partial charge in [0.25, 0.3) is 0 Å². The molecular formula is C14H22N2O2. The molecule has 0 atom stereocenters. The van der Waals surface area contributed by atoms with E-state index in [1.807, 2.05) is 24.1 Å². The predicted octanol–water partition coefficient (Wildman–Crippen LogP) is 1.60. The van der Waals surface area contributed by atoms with Crippen LogP contribution in [0.3, 0.4) is 0 Å². The highest BCUT2D eigenvalue weighted by molar-refractivity contribution is 5.77. The fourth-order valence-corrected chi connectivity index (χ4v) is 1.61. The Hall–Kier alpha value is -1.55. The van der Waals surface area contributed by atoms with Crippen LogP contribution in [0.5, 0.6) is 5.75 Å². The van der Waals surface area contributed by atoms with E-state index in [1.54, 1.807) is 12.1 Å². The SMILES string of the molecule is CC(C)CNC(=O)CN(C)Cc1ccccc1O. The van der Waals surface area contributed by atoms with Crippen molar-refractivity contribution in [2.75, 3.05) is 20.1 Å². The summed E-state index contributed by atoms with van der Waals surface area (Å²) in [6.07, 6.45) is 0. The third-order valence-corrected chi connectivity index (χ3v) is 2.55. The van der Waals surface area contributed by atoms with Crippen LogP contribution in [0.1, 0.15) is 19.4 Å². The maximum atomic E-state index is 11.6. The second-order valence-corrected chi connectivity index (χ2v) is 5.00. The first-order valence-corrected chi connectivity index (χ1v) is 6.21. The van der Waals surface area contributed by atoms with Gasteiger partial charge in [-0.15, -0.1) is 0 Å². The monoisotopic (exact) mass is 250 g/mol. The number of rotatable bonds is 6. The first kappa shape index (κ1) is 14.5. The summed E-state index contributed by atoms with van der Waals surface area (Å²) < 4.78 is 0. The van der Waals surface area contributed by atoms with Crippen LogP contribution in [0.4, 0.5) is 0 Å². The van der Waals surface area contributed by atoms with Gasteiger partial charge >= 0.3 is 0 Å². The van der Waals surface area contributed by atoms with E-state index >= 15 is 0 Å². The third-order valence-electron chi connectivity index (χ3n) is 2.55. The Labute approximate surface area is 109 Å². The lowest BCUT2D eigenvalue weighted by atomic mass is 10.2. The number of benzene rings is 1. The van der Waals surface area contributed by atoms with Gasteiger partial charge in [0, 0.05) is 18.7 Å². The molecule has 1 aromatic rings. The summed E-state index contributed by atoms with van der Waals surface area (Å²) in [4.78, 5) is 13.5. The number of hydrogen-bond acceptors (Lipinski definition) is 3. The molecule has 1 aromatic carbocycles. The zero-order valence-corrected chi connectivity index (χ0v) is 11.3. The zero-order valence-electron chi connectivity index (χ0n) is 11.3. The number of nitrogens with zero attached hydrogens (tertiary/aromatic N) is 1. The van der Waals surface area contributed by atoms with Crippen LogP contribution >= 0.6 is 0 Å². The Bertz CT molecular complexity index is 391. The summed E-state index contributed by atoms with van der Waals surface area (Å²) in [7, 11) is 1.86. The molecule has 0 bridgehead atoms. The van der Waals surface area contributed by atoms with E-state index in [-0.39, 0.29) is 11.7 Å². The van der Waals surface area contributed by atoms with Gasteiger partial charge in [0.05, 0.1) is 6.54 Å². The second kappa shape index (κ2) is 7.01. The first-order valence-electron chi connectivity index (χ1n) is 6.21. The summed E-state index contributed by atoms with van der Waals surface area (Å²) in [5, 5.41) is 12.5. The van der Waals surface area contributed by atoms with Crippen LogP contribution in [-0.2, 0) is 11.3 Å². The van der Waals surface area contributed by atoms with Crippen molar-refractivity contribution < 1.29 is 9.90 Å². The highest BCUT2D eigenvalue weighted by Gasteiger charge is 2.09. The number of aromatic hydroxyl groups is 1. The zero-order chi connectivity index (χ0) is 13.5. The Kier molecular flexibility index (Phi) is 5.65. The highest BCUT2D eigenvalue weighted by Crippen LogP contribution is 2.16. The number of carbonyl (C=O) groups excluding carboxylic acids is 1. The van der Waals surface area contributed by atoms with E-state index in [2.05, 4.69) is 19.2 Å². The Morgan fingerprint density at radius 3 is 2.67 bits per heavy atom. The van der Waals surface area contributed by atoms with Gasteiger partial charge in [0.15, 0.2) is 0 Å².